The Bertz CT molecular complexity index is 744. The minimum absolute atomic E-state index is 0.0457. The monoisotopic (exact) mass is 361 g/mol. The molecule has 0 aliphatic carbocycles. The number of ether oxygens (including phenoxy) is 2. The van der Waals surface area contributed by atoms with Crippen molar-refractivity contribution in [3.63, 3.8) is 0 Å². The van der Waals surface area contributed by atoms with Crippen molar-refractivity contribution >= 4 is 17.5 Å². The van der Waals surface area contributed by atoms with Crippen molar-refractivity contribution < 1.29 is 14.3 Å². The Morgan fingerprint density at radius 2 is 1.92 bits per heavy atom. The number of carbonyl (C=O) groups excluding carboxylic acids is 1. The molecule has 0 spiro atoms. The molecule has 0 atom stereocenters. The number of hydrogen-bond acceptors (Lipinski definition) is 3. The summed E-state index contributed by atoms with van der Waals surface area (Å²) >= 11 is 6.19. The Labute approximate surface area is 154 Å². The van der Waals surface area contributed by atoms with Gasteiger partial charge in [0.2, 0.25) is 0 Å². The Morgan fingerprint density at radius 3 is 2.60 bits per heavy atom. The van der Waals surface area contributed by atoms with Gasteiger partial charge in [0.25, 0.3) is 5.91 Å². The second-order valence-corrected chi connectivity index (χ2v) is 6.58. The number of methoxy groups -OCH3 is 1. The molecule has 0 unspecified atom stereocenters. The first-order valence-corrected chi connectivity index (χ1v) is 8.61. The lowest BCUT2D eigenvalue weighted by Crippen LogP contribution is -2.28. The van der Waals surface area contributed by atoms with Crippen molar-refractivity contribution in [1.82, 2.24) is 5.32 Å². The van der Waals surface area contributed by atoms with Gasteiger partial charge < -0.3 is 14.8 Å². The van der Waals surface area contributed by atoms with Gasteiger partial charge in [-0.05, 0) is 42.2 Å². The highest BCUT2D eigenvalue weighted by atomic mass is 35.5. The largest absolute Gasteiger partial charge is 0.496 e. The summed E-state index contributed by atoms with van der Waals surface area (Å²) in [7, 11) is 1.61. The minimum Gasteiger partial charge on any atom is -0.496 e. The van der Waals surface area contributed by atoms with Gasteiger partial charge in [-0.3, -0.25) is 4.79 Å². The molecule has 0 aliphatic heterocycles. The summed E-state index contributed by atoms with van der Waals surface area (Å²) in [6.45, 7) is 6.39. The van der Waals surface area contributed by atoms with E-state index in [0.717, 1.165) is 22.4 Å². The first-order valence-electron chi connectivity index (χ1n) is 8.23. The maximum Gasteiger partial charge on any atom is 0.258 e. The summed E-state index contributed by atoms with van der Waals surface area (Å²) in [5, 5.41) is 3.55. The summed E-state index contributed by atoms with van der Waals surface area (Å²) in [4.78, 5) is 12.1. The molecule has 2 rings (SSSR count). The first kappa shape index (κ1) is 19.1. The fraction of sp³-hybridized carbons (Fsp3) is 0.350. The van der Waals surface area contributed by atoms with Crippen LogP contribution < -0.4 is 14.8 Å². The van der Waals surface area contributed by atoms with Crippen molar-refractivity contribution in [2.24, 2.45) is 0 Å². The highest BCUT2D eigenvalue weighted by molar-refractivity contribution is 6.31. The third-order valence-electron chi connectivity index (χ3n) is 3.94. The zero-order valence-electron chi connectivity index (χ0n) is 15.1. The number of para-hydroxylation sites is 1. The molecule has 2 aromatic rings. The number of halogens is 1. The van der Waals surface area contributed by atoms with E-state index in [4.69, 9.17) is 21.1 Å². The fourth-order valence-electron chi connectivity index (χ4n) is 2.48. The van der Waals surface area contributed by atoms with E-state index in [1.807, 2.05) is 43.3 Å². The number of amides is 1. The van der Waals surface area contributed by atoms with Gasteiger partial charge in [-0.1, -0.05) is 43.6 Å². The van der Waals surface area contributed by atoms with Crippen LogP contribution in [0.2, 0.25) is 5.02 Å². The lowest BCUT2D eigenvalue weighted by atomic mass is 10.0. The minimum atomic E-state index is -0.187. The molecular formula is C20H24ClNO3. The normalized spacial score (nSPS) is 10.6. The molecule has 25 heavy (non-hydrogen) atoms. The van der Waals surface area contributed by atoms with Gasteiger partial charge >= 0.3 is 0 Å². The highest BCUT2D eigenvalue weighted by Gasteiger charge is 2.13. The van der Waals surface area contributed by atoms with Gasteiger partial charge in [-0.15, -0.1) is 0 Å². The third-order valence-corrected chi connectivity index (χ3v) is 4.35. The number of aryl methyl sites for hydroxylation is 1. The molecule has 0 saturated carbocycles. The predicted molar refractivity (Wildman–Crippen MR) is 101 cm³/mol. The molecule has 4 nitrogen and oxygen atoms in total. The zero-order chi connectivity index (χ0) is 18.4. The van der Waals surface area contributed by atoms with E-state index in [2.05, 4.69) is 19.2 Å². The van der Waals surface area contributed by atoms with Crippen LogP contribution in [0.1, 0.15) is 36.5 Å². The molecule has 0 bridgehead atoms. The molecule has 5 heteroatoms. The van der Waals surface area contributed by atoms with Crippen LogP contribution in [0.25, 0.3) is 0 Å². The molecule has 0 saturated heterocycles. The van der Waals surface area contributed by atoms with Crippen LogP contribution in [0.5, 0.6) is 11.5 Å². The Hall–Kier alpha value is -2.20. The molecule has 134 valence electrons. The Kier molecular flexibility index (Phi) is 6.71. The van der Waals surface area contributed by atoms with E-state index >= 15 is 0 Å². The number of hydrogen-bond donors (Lipinski definition) is 1. The second kappa shape index (κ2) is 8.77. The molecular weight excluding hydrogens is 338 g/mol. The van der Waals surface area contributed by atoms with Gasteiger partial charge in [-0.25, -0.2) is 0 Å². The van der Waals surface area contributed by atoms with Crippen LogP contribution in [-0.4, -0.2) is 19.6 Å². The maximum absolute atomic E-state index is 12.1. The van der Waals surface area contributed by atoms with Gasteiger partial charge in [0.15, 0.2) is 6.61 Å². The average Bonchev–Trinajstić information content (AvgIpc) is 2.60. The SMILES string of the molecule is COc1ccccc1CNC(=O)COc1cc(C)c(Cl)cc1C(C)C. The van der Waals surface area contributed by atoms with E-state index in [1.165, 1.54) is 0 Å². The van der Waals surface area contributed by atoms with Crippen LogP contribution >= 0.6 is 11.6 Å². The fourth-order valence-corrected chi connectivity index (χ4v) is 2.66. The van der Waals surface area contributed by atoms with Gasteiger partial charge in [-0.2, -0.15) is 0 Å². The van der Waals surface area contributed by atoms with E-state index in [1.54, 1.807) is 7.11 Å². The molecule has 0 fully saturated rings. The Balaban J connectivity index is 1.97. The summed E-state index contributed by atoms with van der Waals surface area (Å²) in [5.41, 5.74) is 2.84. The van der Waals surface area contributed by atoms with Crippen LogP contribution in [0.3, 0.4) is 0 Å². The van der Waals surface area contributed by atoms with Crippen molar-refractivity contribution in [2.75, 3.05) is 13.7 Å². The lowest BCUT2D eigenvalue weighted by molar-refractivity contribution is -0.123. The summed E-state index contributed by atoms with van der Waals surface area (Å²) in [6.07, 6.45) is 0. The van der Waals surface area contributed by atoms with E-state index < -0.39 is 0 Å². The van der Waals surface area contributed by atoms with Crippen molar-refractivity contribution in [1.29, 1.82) is 0 Å². The standard InChI is InChI=1S/C20H24ClNO3/c1-13(2)16-10-17(21)14(3)9-19(16)25-12-20(23)22-11-15-7-5-6-8-18(15)24-4/h5-10,13H,11-12H2,1-4H3,(H,22,23). The van der Waals surface area contributed by atoms with E-state index in [9.17, 15) is 4.79 Å². The predicted octanol–water partition coefficient (Wildman–Crippen LogP) is 4.48. The van der Waals surface area contributed by atoms with Crippen LogP contribution in [-0.2, 0) is 11.3 Å². The van der Waals surface area contributed by atoms with Gasteiger partial charge in [0.1, 0.15) is 11.5 Å². The number of benzene rings is 2. The third kappa shape index (κ3) is 5.13. The van der Waals surface area contributed by atoms with Crippen molar-refractivity contribution in [2.45, 2.75) is 33.2 Å². The second-order valence-electron chi connectivity index (χ2n) is 6.17. The maximum atomic E-state index is 12.1. The number of rotatable bonds is 7. The van der Waals surface area contributed by atoms with Crippen molar-refractivity contribution in [3.05, 3.63) is 58.1 Å². The number of carbonyl (C=O) groups is 1. The molecule has 0 radical (unpaired) electrons. The summed E-state index contributed by atoms with van der Waals surface area (Å²) < 4.78 is 11.0. The summed E-state index contributed by atoms with van der Waals surface area (Å²) in [5.74, 6) is 1.52. The van der Waals surface area contributed by atoms with Crippen molar-refractivity contribution in [3.8, 4) is 11.5 Å². The quantitative estimate of drug-likeness (QED) is 0.791. The van der Waals surface area contributed by atoms with Crippen LogP contribution in [0, 0.1) is 6.92 Å². The molecule has 1 amide bonds. The highest BCUT2D eigenvalue weighted by Crippen LogP contribution is 2.31. The smallest absolute Gasteiger partial charge is 0.258 e. The molecule has 2 aromatic carbocycles. The molecule has 1 N–H and O–H groups in total. The first-order chi connectivity index (χ1) is 11.9. The van der Waals surface area contributed by atoms with Gasteiger partial charge in [0, 0.05) is 17.1 Å². The number of nitrogens with one attached hydrogen (secondary N) is 1. The topological polar surface area (TPSA) is 47.6 Å². The Morgan fingerprint density at radius 1 is 1.20 bits per heavy atom. The molecule has 0 heterocycles. The van der Waals surface area contributed by atoms with Gasteiger partial charge in [0.05, 0.1) is 7.11 Å². The molecule has 0 aliphatic rings. The molecule has 0 aromatic heterocycles. The van der Waals surface area contributed by atoms with E-state index in [-0.39, 0.29) is 18.4 Å². The zero-order valence-corrected chi connectivity index (χ0v) is 15.8. The lowest BCUT2D eigenvalue weighted by Gasteiger charge is -2.16. The van der Waals surface area contributed by atoms with E-state index in [0.29, 0.717) is 17.3 Å². The average molecular weight is 362 g/mol. The van der Waals surface area contributed by atoms with Crippen LogP contribution in [0.15, 0.2) is 36.4 Å². The summed E-state index contributed by atoms with van der Waals surface area (Å²) in [6, 6.07) is 11.4. The van der Waals surface area contributed by atoms with Crippen LogP contribution in [0.4, 0.5) is 0 Å².